The van der Waals surface area contributed by atoms with Crippen molar-refractivity contribution >= 4 is 23.2 Å². The summed E-state index contributed by atoms with van der Waals surface area (Å²) in [7, 11) is 0. The lowest BCUT2D eigenvalue weighted by atomic mass is 10.1. The first kappa shape index (κ1) is 19.0. The van der Waals surface area contributed by atoms with Crippen LogP contribution in [-0.4, -0.2) is 11.1 Å². The molecule has 0 saturated heterocycles. The number of benzene rings is 2. The maximum Gasteiger partial charge on any atom is 0.416 e. The molecule has 0 unspecified atom stereocenters. The highest BCUT2D eigenvalue weighted by molar-refractivity contribution is 6.33. The molecule has 3 rings (SSSR count). The number of amides is 1. The molecular weight excluding hydrogens is 381 g/mol. The van der Waals surface area contributed by atoms with Gasteiger partial charge in [0, 0.05) is 11.3 Å². The van der Waals surface area contributed by atoms with E-state index in [0.29, 0.717) is 16.3 Å². The van der Waals surface area contributed by atoms with E-state index in [1.54, 1.807) is 31.2 Å². The van der Waals surface area contributed by atoms with Crippen LogP contribution < -0.4 is 5.32 Å². The van der Waals surface area contributed by atoms with Gasteiger partial charge >= 0.3 is 6.18 Å². The summed E-state index contributed by atoms with van der Waals surface area (Å²) in [6, 6.07) is 10.2. The van der Waals surface area contributed by atoms with Gasteiger partial charge in [-0.1, -0.05) is 28.9 Å². The maximum atomic E-state index is 12.9. The molecule has 140 valence electrons. The number of nitrogens with one attached hydrogen (secondary N) is 1. The molecule has 1 amide bonds. The van der Waals surface area contributed by atoms with E-state index >= 15 is 0 Å². The second-order valence-corrected chi connectivity index (χ2v) is 6.34. The second kappa shape index (κ2) is 7.08. The Labute approximate surface area is 157 Å². The number of carbonyl (C=O) groups is 1. The van der Waals surface area contributed by atoms with E-state index in [2.05, 4.69) is 10.5 Å². The summed E-state index contributed by atoms with van der Waals surface area (Å²) in [5.41, 5.74) is 0.489. The van der Waals surface area contributed by atoms with Gasteiger partial charge in [-0.25, -0.2) is 0 Å². The number of nitrogens with zero attached hydrogens (tertiary/aromatic N) is 1. The van der Waals surface area contributed by atoms with Gasteiger partial charge in [-0.3, -0.25) is 4.79 Å². The molecule has 8 heteroatoms. The van der Waals surface area contributed by atoms with E-state index in [0.717, 1.165) is 6.07 Å². The molecule has 4 nitrogen and oxygen atoms in total. The minimum absolute atomic E-state index is 0.00803. The zero-order chi connectivity index (χ0) is 19.8. The van der Waals surface area contributed by atoms with Crippen molar-refractivity contribution < 1.29 is 22.5 Å². The fourth-order valence-corrected chi connectivity index (χ4v) is 2.94. The average molecular weight is 395 g/mol. The van der Waals surface area contributed by atoms with Gasteiger partial charge in [0.2, 0.25) is 0 Å². The van der Waals surface area contributed by atoms with Crippen molar-refractivity contribution in [3.8, 4) is 11.3 Å². The van der Waals surface area contributed by atoms with Crippen molar-refractivity contribution in [1.29, 1.82) is 0 Å². The smallest absolute Gasteiger partial charge is 0.355 e. The summed E-state index contributed by atoms with van der Waals surface area (Å²) in [4.78, 5) is 12.7. The number of rotatable bonds is 3. The monoisotopic (exact) mass is 394 g/mol. The number of aromatic nitrogens is 1. The van der Waals surface area contributed by atoms with Crippen LogP contribution in [0.5, 0.6) is 0 Å². The number of aryl methyl sites for hydroxylation is 2. The van der Waals surface area contributed by atoms with E-state index in [-0.39, 0.29) is 22.6 Å². The van der Waals surface area contributed by atoms with Crippen LogP contribution in [0.2, 0.25) is 5.02 Å². The van der Waals surface area contributed by atoms with Gasteiger partial charge in [0.15, 0.2) is 5.76 Å². The third-order valence-electron chi connectivity index (χ3n) is 4.00. The maximum absolute atomic E-state index is 12.9. The molecule has 0 spiro atoms. The van der Waals surface area contributed by atoms with Crippen molar-refractivity contribution in [2.45, 2.75) is 20.0 Å². The molecule has 0 aliphatic carbocycles. The lowest BCUT2D eigenvalue weighted by molar-refractivity contribution is -0.138. The van der Waals surface area contributed by atoms with Crippen molar-refractivity contribution in [2.75, 3.05) is 5.32 Å². The Balaban J connectivity index is 1.93. The minimum atomic E-state index is -4.45. The van der Waals surface area contributed by atoms with Gasteiger partial charge in [-0.15, -0.1) is 0 Å². The minimum Gasteiger partial charge on any atom is -0.355 e. The van der Waals surface area contributed by atoms with Gasteiger partial charge in [0.05, 0.1) is 16.3 Å². The lowest BCUT2D eigenvalue weighted by Gasteiger charge is -2.12. The summed E-state index contributed by atoms with van der Waals surface area (Å²) < 4.78 is 43.9. The molecule has 1 heterocycles. The molecule has 0 saturated carbocycles. The number of anilines is 1. The van der Waals surface area contributed by atoms with Crippen molar-refractivity contribution in [1.82, 2.24) is 5.16 Å². The Morgan fingerprint density at radius 2 is 1.85 bits per heavy atom. The quantitative estimate of drug-likeness (QED) is 0.603. The molecule has 0 radical (unpaired) electrons. The average Bonchev–Trinajstić information content (AvgIpc) is 2.95. The molecule has 1 aromatic heterocycles. The van der Waals surface area contributed by atoms with E-state index in [1.165, 1.54) is 19.1 Å². The Morgan fingerprint density at radius 3 is 2.48 bits per heavy atom. The highest BCUT2D eigenvalue weighted by Gasteiger charge is 2.32. The van der Waals surface area contributed by atoms with E-state index in [1.807, 2.05) is 0 Å². The molecule has 0 fully saturated rings. The first-order valence-electron chi connectivity index (χ1n) is 7.89. The van der Waals surface area contributed by atoms with Gasteiger partial charge < -0.3 is 9.84 Å². The SMILES string of the molecule is Cc1cc(NC(=O)c2c(C)noc2-c2ccccc2Cl)ccc1C(F)(F)F. The summed E-state index contributed by atoms with van der Waals surface area (Å²) in [6.45, 7) is 2.93. The number of alkyl halides is 3. The van der Waals surface area contributed by atoms with Gasteiger partial charge in [0.1, 0.15) is 5.56 Å². The number of halogens is 4. The van der Waals surface area contributed by atoms with Crippen LogP contribution >= 0.6 is 11.6 Å². The van der Waals surface area contributed by atoms with Crippen LogP contribution in [0.1, 0.15) is 27.2 Å². The Morgan fingerprint density at radius 1 is 1.15 bits per heavy atom. The van der Waals surface area contributed by atoms with Crippen molar-refractivity contribution in [2.24, 2.45) is 0 Å². The molecule has 0 bridgehead atoms. The normalized spacial score (nSPS) is 11.5. The summed E-state index contributed by atoms with van der Waals surface area (Å²) in [5, 5.41) is 6.78. The van der Waals surface area contributed by atoms with Gasteiger partial charge in [-0.05, 0) is 49.7 Å². The standard InChI is InChI=1S/C19H14ClF3N2O2/c1-10-9-12(7-8-14(10)19(21,22)23)24-18(26)16-11(2)25-27-17(16)13-5-3-4-6-15(13)20/h3-9H,1-2H3,(H,24,26). The van der Waals surface area contributed by atoms with E-state index < -0.39 is 17.6 Å². The van der Waals surface area contributed by atoms with Crippen molar-refractivity contribution in [3.05, 3.63) is 69.9 Å². The fourth-order valence-electron chi connectivity index (χ4n) is 2.72. The Hall–Kier alpha value is -2.80. The third kappa shape index (κ3) is 3.83. The first-order chi connectivity index (χ1) is 12.7. The largest absolute Gasteiger partial charge is 0.416 e. The molecule has 0 aliphatic heterocycles. The highest BCUT2D eigenvalue weighted by atomic mass is 35.5. The van der Waals surface area contributed by atoms with Crippen LogP contribution in [0.15, 0.2) is 47.0 Å². The summed E-state index contributed by atoms with van der Waals surface area (Å²) >= 11 is 6.16. The van der Waals surface area contributed by atoms with E-state index in [4.69, 9.17) is 16.1 Å². The zero-order valence-corrected chi connectivity index (χ0v) is 15.1. The van der Waals surface area contributed by atoms with Crippen LogP contribution in [-0.2, 0) is 6.18 Å². The molecule has 27 heavy (non-hydrogen) atoms. The summed E-state index contributed by atoms with van der Waals surface area (Å²) in [5.74, 6) is -0.359. The molecule has 3 aromatic rings. The third-order valence-corrected chi connectivity index (χ3v) is 4.33. The molecule has 0 atom stereocenters. The van der Waals surface area contributed by atoms with Crippen LogP contribution in [0.3, 0.4) is 0 Å². The van der Waals surface area contributed by atoms with Crippen LogP contribution in [0.4, 0.5) is 18.9 Å². The first-order valence-corrected chi connectivity index (χ1v) is 8.26. The zero-order valence-electron chi connectivity index (χ0n) is 14.3. The van der Waals surface area contributed by atoms with Crippen LogP contribution in [0, 0.1) is 13.8 Å². The van der Waals surface area contributed by atoms with Crippen molar-refractivity contribution in [3.63, 3.8) is 0 Å². The Bertz CT molecular complexity index is 1010. The molecule has 1 N–H and O–H groups in total. The highest BCUT2D eigenvalue weighted by Crippen LogP contribution is 2.34. The topological polar surface area (TPSA) is 55.1 Å². The Kier molecular flexibility index (Phi) is 4.97. The molecular formula is C19H14ClF3N2O2. The summed E-state index contributed by atoms with van der Waals surface area (Å²) in [6.07, 6.45) is -4.45. The predicted octanol–water partition coefficient (Wildman–Crippen LogP) is 5.88. The lowest BCUT2D eigenvalue weighted by Crippen LogP contribution is -2.14. The molecule has 0 aliphatic rings. The van der Waals surface area contributed by atoms with Gasteiger partial charge in [0.25, 0.3) is 5.91 Å². The van der Waals surface area contributed by atoms with Gasteiger partial charge in [-0.2, -0.15) is 13.2 Å². The fraction of sp³-hybridized carbons (Fsp3) is 0.158. The number of hydrogen-bond donors (Lipinski definition) is 1. The predicted molar refractivity (Wildman–Crippen MR) is 95.8 cm³/mol. The number of carbonyl (C=O) groups excluding carboxylic acids is 1. The van der Waals surface area contributed by atoms with E-state index in [9.17, 15) is 18.0 Å². The molecule has 2 aromatic carbocycles. The van der Waals surface area contributed by atoms with Crippen LogP contribution in [0.25, 0.3) is 11.3 Å². The number of hydrogen-bond acceptors (Lipinski definition) is 3. The second-order valence-electron chi connectivity index (χ2n) is 5.93.